The average molecular weight is 486 g/mol. The molecule has 0 radical (unpaired) electrons. The third-order valence-corrected chi connectivity index (χ3v) is 11.5. The summed E-state index contributed by atoms with van der Waals surface area (Å²) in [6.45, 7) is 11.6. The Bertz CT molecular complexity index is 1210. The first-order chi connectivity index (χ1) is 15.5. The minimum Gasteiger partial charge on any atom is -0.413 e. The molecule has 8 heteroatoms. The van der Waals surface area contributed by atoms with E-state index >= 15 is 0 Å². The van der Waals surface area contributed by atoms with Crippen molar-refractivity contribution in [2.24, 2.45) is 5.92 Å². The van der Waals surface area contributed by atoms with Gasteiger partial charge in [-0.05, 0) is 65.3 Å². The van der Waals surface area contributed by atoms with Gasteiger partial charge in [0.15, 0.2) is 8.32 Å². The molecule has 0 bridgehead atoms. The number of nitrogens with one attached hydrogen (secondary N) is 1. The minimum absolute atomic E-state index is 0.114. The molecule has 2 unspecified atom stereocenters. The van der Waals surface area contributed by atoms with Crippen molar-refractivity contribution in [2.45, 2.75) is 58.1 Å². The van der Waals surface area contributed by atoms with Gasteiger partial charge in [0.2, 0.25) is 5.91 Å². The number of hydrogen-bond acceptors (Lipinski definition) is 4. The third kappa shape index (κ3) is 5.10. The topological polar surface area (TPSA) is 64.1 Å². The van der Waals surface area contributed by atoms with E-state index in [0.29, 0.717) is 17.4 Å². The maximum atomic E-state index is 13.2. The van der Waals surface area contributed by atoms with Gasteiger partial charge in [0, 0.05) is 29.5 Å². The lowest BCUT2D eigenvalue weighted by Crippen LogP contribution is -2.40. The van der Waals surface area contributed by atoms with Crippen LogP contribution in [0, 0.1) is 5.92 Å². The molecular weight excluding hydrogens is 457 g/mol. The third-order valence-electron chi connectivity index (χ3n) is 6.70. The van der Waals surface area contributed by atoms with Crippen molar-refractivity contribution in [1.82, 2.24) is 9.97 Å². The lowest BCUT2D eigenvalue weighted by Gasteiger charge is -2.36. The number of amides is 1. The maximum absolute atomic E-state index is 13.2. The fraction of sp³-hybridized carbons (Fsp3) is 0.400. The summed E-state index contributed by atoms with van der Waals surface area (Å²) in [4.78, 5) is 20.7. The minimum atomic E-state index is -1.92. The number of hydrogen-bond donors (Lipinski definition) is 1. The summed E-state index contributed by atoms with van der Waals surface area (Å²) in [5, 5.41) is 4.98. The molecule has 5 nitrogen and oxygen atoms in total. The molecule has 3 aromatic rings. The maximum Gasteiger partial charge on any atom is 0.231 e. The number of pyridine rings is 2. The molecule has 0 saturated heterocycles. The number of halogens is 2. The lowest BCUT2D eigenvalue weighted by molar-refractivity contribution is -0.117. The number of anilines is 1. The number of rotatable bonds is 6. The molecule has 2 aromatic heterocycles. The quantitative estimate of drug-likeness (QED) is 0.391. The van der Waals surface area contributed by atoms with Crippen molar-refractivity contribution < 1.29 is 13.6 Å². The van der Waals surface area contributed by atoms with Gasteiger partial charge in [-0.3, -0.25) is 9.78 Å². The Labute approximate surface area is 199 Å². The molecule has 174 valence electrons. The zero-order valence-corrected chi connectivity index (χ0v) is 21.3. The molecule has 1 fully saturated rings. The van der Waals surface area contributed by atoms with Crippen molar-refractivity contribution in [1.29, 1.82) is 0 Å². The number of fused-ring (bicyclic) bond motifs is 1. The largest absolute Gasteiger partial charge is 0.413 e. The molecule has 1 amide bonds. The van der Waals surface area contributed by atoms with Crippen LogP contribution in [0.15, 0.2) is 42.9 Å². The molecule has 1 N–H and O–H groups in total. The first-order valence-corrected chi connectivity index (χ1v) is 14.4. The van der Waals surface area contributed by atoms with Crippen LogP contribution in [0.25, 0.3) is 21.9 Å². The first-order valence-electron chi connectivity index (χ1n) is 11.1. The Morgan fingerprint density at radius 1 is 1.27 bits per heavy atom. The van der Waals surface area contributed by atoms with E-state index in [4.69, 9.17) is 16.0 Å². The lowest BCUT2D eigenvalue weighted by atomic mass is 10.00. The van der Waals surface area contributed by atoms with Crippen LogP contribution < -0.4 is 5.32 Å². The first kappa shape index (κ1) is 23.8. The molecular formula is C25H29ClFN3O2Si. The molecule has 1 aliphatic carbocycles. The summed E-state index contributed by atoms with van der Waals surface area (Å²) in [6, 6.07) is 7.64. The Kier molecular flexibility index (Phi) is 6.33. The van der Waals surface area contributed by atoms with Crippen LogP contribution in [0.3, 0.4) is 0 Å². The van der Waals surface area contributed by atoms with E-state index in [-0.39, 0.29) is 17.4 Å². The van der Waals surface area contributed by atoms with Gasteiger partial charge >= 0.3 is 0 Å². The van der Waals surface area contributed by atoms with E-state index in [1.165, 1.54) is 0 Å². The monoisotopic (exact) mass is 485 g/mol. The molecule has 4 rings (SSSR count). The van der Waals surface area contributed by atoms with Gasteiger partial charge < -0.3 is 9.74 Å². The summed E-state index contributed by atoms with van der Waals surface area (Å²) < 4.78 is 19.7. The van der Waals surface area contributed by atoms with Gasteiger partial charge in [0.05, 0.1) is 17.5 Å². The molecule has 0 aliphatic heterocycles. The number of aromatic nitrogens is 2. The highest BCUT2D eigenvalue weighted by atomic mass is 35.5. The Morgan fingerprint density at radius 2 is 2.00 bits per heavy atom. The standard InChI is InChI=1S/C25H29ClFN3O2Si/c1-25(2,3)33(4,5)32-14-15-6-7-28-12-19(15)16-8-17-10-23(29-13-20(17)21(26)9-16)30-24(31)18-11-22(18)27/h6-10,12-13,18,22H,11,14H2,1-5H3,(H,29,30,31). The van der Waals surface area contributed by atoms with Gasteiger partial charge in [0.25, 0.3) is 0 Å². The van der Waals surface area contributed by atoms with Gasteiger partial charge in [-0.2, -0.15) is 0 Å². The highest BCUT2D eigenvalue weighted by Gasteiger charge is 2.43. The Morgan fingerprint density at radius 3 is 2.67 bits per heavy atom. The summed E-state index contributed by atoms with van der Waals surface area (Å²) in [5.74, 6) is -0.530. The van der Waals surface area contributed by atoms with Crippen molar-refractivity contribution in [3.63, 3.8) is 0 Å². The summed E-state index contributed by atoms with van der Waals surface area (Å²) in [5.41, 5.74) is 2.89. The van der Waals surface area contributed by atoms with Gasteiger partial charge in [-0.15, -0.1) is 0 Å². The molecule has 33 heavy (non-hydrogen) atoms. The highest BCUT2D eigenvalue weighted by molar-refractivity contribution is 6.74. The summed E-state index contributed by atoms with van der Waals surface area (Å²) in [7, 11) is -1.92. The van der Waals surface area contributed by atoms with Crippen LogP contribution in [-0.2, 0) is 15.8 Å². The van der Waals surface area contributed by atoms with Crippen LogP contribution in [0.4, 0.5) is 10.2 Å². The fourth-order valence-corrected chi connectivity index (χ4v) is 4.60. The number of carbonyl (C=O) groups excluding carboxylic acids is 1. The zero-order chi connectivity index (χ0) is 24.0. The zero-order valence-electron chi connectivity index (χ0n) is 19.6. The SMILES string of the molecule is CC(C)(C)[Si](C)(C)OCc1ccncc1-c1cc(Cl)c2cnc(NC(=O)C3CC3F)cc2c1. The molecule has 2 atom stereocenters. The molecule has 0 spiro atoms. The van der Waals surface area contributed by atoms with Crippen LogP contribution in [0.2, 0.25) is 23.2 Å². The van der Waals surface area contributed by atoms with Crippen LogP contribution >= 0.6 is 11.6 Å². The van der Waals surface area contributed by atoms with E-state index in [9.17, 15) is 9.18 Å². The molecule has 2 heterocycles. The average Bonchev–Trinajstić information content (AvgIpc) is 3.48. The predicted octanol–water partition coefficient (Wildman–Crippen LogP) is 6.77. The van der Waals surface area contributed by atoms with E-state index in [1.54, 1.807) is 18.5 Å². The van der Waals surface area contributed by atoms with Gasteiger partial charge in [0.1, 0.15) is 12.0 Å². The Balaban J connectivity index is 1.65. The summed E-state index contributed by atoms with van der Waals surface area (Å²) >= 11 is 6.59. The van der Waals surface area contributed by atoms with Gasteiger partial charge in [-0.25, -0.2) is 9.37 Å². The Hall–Kier alpha value is -2.35. The van der Waals surface area contributed by atoms with Crippen molar-refractivity contribution in [3.8, 4) is 11.1 Å². The van der Waals surface area contributed by atoms with Crippen molar-refractivity contribution in [3.05, 3.63) is 53.4 Å². The summed E-state index contributed by atoms with van der Waals surface area (Å²) in [6.07, 6.45) is 4.44. The van der Waals surface area contributed by atoms with Crippen LogP contribution in [0.1, 0.15) is 32.8 Å². The number of carbonyl (C=O) groups is 1. The normalized spacial score (nSPS) is 18.4. The second kappa shape index (κ2) is 8.78. The van der Waals surface area contributed by atoms with Crippen LogP contribution in [-0.4, -0.2) is 30.4 Å². The van der Waals surface area contributed by atoms with E-state index < -0.39 is 20.4 Å². The number of nitrogens with zero attached hydrogens (tertiary/aromatic N) is 2. The van der Waals surface area contributed by atoms with E-state index in [2.05, 4.69) is 49.1 Å². The molecule has 1 aromatic carbocycles. The van der Waals surface area contributed by atoms with Gasteiger partial charge in [-0.1, -0.05) is 32.4 Å². The molecule has 1 saturated carbocycles. The van der Waals surface area contributed by atoms with E-state index in [1.807, 2.05) is 24.4 Å². The van der Waals surface area contributed by atoms with E-state index in [0.717, 1.165) is 27.5 Å². The van der Waals surface area contributed by atoms with Crippen molar-refractivity contribution >= 4 is 42.4 Å². The smallest absolute Gasteiger partial charge is 0.231 e. The second-order valence-electron chi connectivity index (χ2n) is 10.2. The number of alkyl halides is 1. The molecule has 1 aliphatic rings. The van der Waals surface area contributed by atoms with Crippen molar-refractivity contribution in [2.75, 3.05) is 5.32 Å². The second-order valence-corrected chi connectivity index (χ2v) is 15.4. The fourth-order valence-electron chi connectivity index (χ4n) is 3.38. The predicted molar refractivity (Wildman–Crippen MR) is 134 cm³/mol. The number of benzene rings is 1. The highest BCUT2D eigenvalue weighted by Crippen LogP contribution is 2.39. The van der Waals surface area contributed by atoms with Crippen LogP contribution in [0.5, 0.6) is 0 Å².